The second-order valence-electron chi connectivity index (χ2n) is 8.10. The molecule has 2 N–H and O–H groups in total. The van der Waals surface area contributed by atoms with Gasteiger partial charge in [0.25, 0.3) is 11.8 Å². The summed E-state index contributed by atoms with van der Waals surface area (Å²) in [6.07, 6.45) is 4.39. The Balaban J connectivity index is 1.36. The van der Waals surface area contributed by atoms with Gasteiger partial charge in [-0.25, -0.2) is 0 Å². The first-order valence-corrected chi connectivity index (χ1v) is 11.4. The number of likely N-dealkylation sites (tertiary alicyclic amines) is 1. The summed E-state index contributed by atoms with van der Waals surface area (Å²) >= 11 is 0. The molecule has 33 heavy (non-hydrogen) atoms. The van der Waals surface area contributed by atoms with Gasteiger partial charge in [0, 0.05) is 30.2 Å². The summed E-state index contributed by atoms with van der Waals surface area (Å²) in [5, 5.41) is 6.22. The number of amides is 2. The van der Waals surface area contributed by atoms with E-state index >= 15 is 0 Å². The van der Waals surface area contributed by atoms with Gasteiger partial charge in [-0.05, 0) is 61.4 Å². The summed E-state index contributed by atoms with van der Waals surface area (Å²) in [4.78, 5) is 27.3. The predicted octanol–water partition coefficient (Wildman–Crippen LogP) is 5.46. The number of hydrogen-bond acceptors (Lipinski definition) is 4. The molecule has 1 fully saturated rings. The molecule has 170 valence electrons. The third-order valence-corrected chi connectivity index (χ3v) is 5.65. The van der Waals surface area contributed by atoms with E-state index in [1.807, 2.05) is 59.5 Å². The molecule has 0 bridgehead atoms. The molecule has 0 unspecified atom stereocenters. The van der Waals surface area contributed by atoms with Gasteiger partial charge in [0.2, 0.25) is 0 Å². The van der Waals surface area contributed by atoms with Gasteiger partial charge in [0.1, 0.15) is 5.75 Å². The number of benzene rings is 3. The zero-order valence-corrected chi connectivity index (χ0v) is 18.6. The molecule has 3 aromatic carbocycles. The topological polar surface area (TPSA) is 70.7 Å². The second-order valence-corrected chi connectivity index (χ2v) is 8.10. The molecule has 1 saturated heterocycles. The van der Waals surface area contributed by atoms with E-state index in [0.717, 1.165) is 50.1 Å². The van der Waals surface area contributed by atoms with Crippen LogP contribution in [0.25, 0.3) is 0 Å². The SMILES string of the molecule is O=C(Nc1ccc(Nc2ccccc2)cc1)c1ccccc1OCC(=O)N1CCCCCC1. The van der Waals surface area contributed by atoms with Gasteiger partial charge in [-0.1, -0.05) is 43.2 Å². The van der Waals surface area contributed by atoms with Gasteiger partial charge in [-0.2, -0.15) is 0 Å². The maximum atomic E-state index is 12.9. The fourth-order valence-electron chi connectivity index (χ4n) is 3.85. The van der Waals surface area contributed by atoms with Crippen molar-refractivity contribution in [1.29, 1.82) is 0 Å². The van der Waals surface area contributed by atoms with Crippen LogP contribution in [0.15, 0.2) is 78.9 Å². The molecule has 6 nitrogen and oxygen atoms in total. The van der Waals surface area contributed by atoms with Crippen molar-refractivity contribution < 1.29 is 14.3 Å². The van der Waals surface area contributed by atoms with Crippen LogP contribution in [0.3, 0.4) is 0 Å². The van der Waals surface area contributed by atoms with E-state index in [0.29, 0.717) is 17.0 Å². The third-order valence-electron chi connectivity index (χ3n) is 5.65. The molecule has 0 radical (unpaired) electrons. The number of carbonyl (C=O) groups is 2. The molecule has 1 aliphatic heterocycles. The van der Waals surface area contributed by atoms with Gasteiger partial charge in [-0.3, -0.25) is 9.59 Å². The Bertz CT molecular complexity index is 1060. The Labute approximate surface area is 194 Å². The molecular weight excluding hydrogens is 414 g/mol. The molecule has 1 aliphatic rings. The third kappa shape index (κ3) is 6.35. The Hall–Kier alpha value is -3.80. The van der Waals surface area contributed by atoms with Crippen LogP contribution in [0.5, 0.6) is 5.75 Å². The quantitative estimate of drug-likeness (QED) is 0.508. The lowest BCUT2D eigenvalue weighted by Crippen LogP contribution is -2.35. The van der Waals surface area contributed by atoms with Gasteiger partial charge >= 0.3 is 0 Å². The van der Waals surface area contributed by atoms with Crippen molar-refractivity contribution in [1.82, 2.24) is 4.90 Å². The van der Waals surface area contributed by atoms with E-state index in [1.165, 1.54) is 0 Å². The molecule has 0 aromatic heterocycles. The first-order chi connectivity index (χ1) is 16.2. The fraction of sp³-hybridized carbons (Fsp3) is 0.259. The average molecular weight is 444 g/mol. The van der Waals surface area contributed by atoms with Crippen molar-refractivity contribution in [3.05, 3.63) is 84.4 Å². The number of rotatable bonds is 7. The first kappa shape index (κ1) is 22.4. The highest BCUT2D eigenvalue weighted by atomic mass is 16.5. The lowest BCUT2D eigenvalue weighted by atomic mass is 10.1. The van der Waals surface area contributed by atoms with Gasteiger partial charge in [-0.15, -0.1) is 0 Å². The number of carbonyl (C=O) groups excluding carboxylic acids is 2. The van der Waals surface area contributed by atoms with Crippen LogP contribution in [0, 0.1) is 0 Å². The van der Waals surface area contributed by atoms with Crippen LogP contribution in [0.2, 0.25) is 0 Å². The van der Waals surface area contributed by atoms with Crippen molar-refractivity contribution in [3.63, 3.8) is 0 Å². The van der Waals surface area contributed by atoms with Crippen molar-refractivity contribution in [2.24, 2.45) is 0 Å². The standard InChI is InChI=1S/C27H29N3O3/c31-26(30-18-8-1-2-9-19-30)20-33-25-13-7-6-12-24(25)27(32)29-23-16-14-22(15-17-23)28-21-10-4-3-5-11-21/h3-7,10-17,28H,1-2,8-9,18-20H2,(H,29,32). The van der Waals surface area contributed by atoms with E-state index < -0.39 is 0 Å². The van der Waals surface area contributed by atoms with Gasteiger partial charge in [0.15, 0.2) is 6.61 Å². The highest BCUT2D eigenvalue weighted by Gasteiger charge is 2.18. The maximum Gasteiger partial charge on any atom is 0.260 e. The number of ether oxygens (including phenoxy) is 1. The van der Waals surface area contributed by atoms with Crippen LogP contribution in [-0.2, 0) is 4.79 Å². The molecule has 0 aliphatic carbocycles. The van der Waals surface area contributed by atoms with Crippen molar-refractivity contribution >= 4 is 28.9 Å². The van der Waals surface area contributed by atoms with E-state index in [-0.39, 0.29) is 18.4 Å². The fourth-order valence-corrected chi connectivity index (χ4v) is 3.85. The Morgan fingerprint density at radius 1 is 0.727 bits per heavy atom. The minimum Gasteiger partial charge on any atom is -0.483 e. The monoisotopic (exact) mass is 443 g/mol. The number of anilines is 3. The van der Waals surface area contributed by atoms with Crippen LogP contribution in [0.1, 0.15) is 36.0 Å². The maximum absolute atomic E-state index is 12.9. The van der Waals surface area contributed by atoms with E-state index in [9.17, 15) is 9.59 Å². The number of nitrogens with one attached hydrogen (secondary N) is 2. The largest absolute Gasteiger partial charge is 0.483 e. The number of para-hydroxylation sites is 2. The lowest BCUT2D eigenvalue weighted by molar-refractivity contribution is -0.133. The van der Waals surface area contributed by atoms with Crippen molar-refractivity contribution in [3.8, 4) is 5.75 Å². The zero-order valence-electron chi connectivity index (χ0n) is 18.6. The van der Waals surface area contributed by atoms with E-state index in [1.54, 1.807) is 24.3 Å². The molecule has 6 heteroatoms. The average Bonchev–Trinajstić information content (AvgIpc) is 3.14. The molecule has 0 saturated carbocycles. The Morgan fingerprint density at radius 2 is 1.33 bits per heavy atom. The molecule has 4 rings (SSSR count). The zero-order chi connectivity index (χ0) is 22.9. The molecule has 1 heterocycles. The first-order valence-electron chi connectivity index (χ1n) is 11.4. The smallest absolute Gasteiger partial charge is 0.260 e. The molecule has 3 aromatic rings. The normalized spacial score (nSPS) is 13.6. The minimum atomic E-state index is -0.281. The molecule has 0 spiro atoms. The highest BCUT2D eigenvalue weighted by Crippen LogP contribution is 2.22. The number of hydrogen-bond donors (Lipinski definition) is 2. The summed E-state index contributed by atoms with van der Waals surface area (Å²) in [6, 6.07) is 24.4. The Morgan fingerprint density at radius 3 is 2.06 bits per heavy atom. The summed E-state index contributed by atoms with van der Waals surface area (Å²) in [7, 11) is 0. The van der Waals surface area contributed by atoms with Crippen LogP contribution >= 0.6 is 0 Å². The summed E-state index contributed by atoms with van der Waals surface area (Å²) in [5.41, 5.74) is 2.99. The van der Waals surface area contributed by atoms with Crippen LogP contribution < -0.4 is 15.4 Å². The summed E-state index contributed by atoms with van der Waals surface area (Å²) in [6.45, 7) is 1.49. The van der Waals surface area contributed by atoms with Gasteiger partial charge < -0.3 is 20.3 Å². The van der Waals surface area contributed by atoms with Crippen LogP contribution in [0.4, 0.5) is 17.1 Å². The van der Waals surface area contributed by atoms with Crippen molar-refractivity contribution in [2.75, 3.05) is 30.3 Å². The second kappa shape index (κ2) is 11.2. The van der Waals surface area contributed by atoms with Crippen molar-refractivity contribution in [2.45, 2.75) is 25.7 Å². The minimum absolute atomic E-state index is 0.0337. The molecular formula is C27H29N3O3. The highest BCUT2D eigenvalue weighted by molar-refractivity contribution is 6.06. The lowest BCUT2D eigenvalue weighted by Gasteiger charge is -2.20. The summed E-state index contributed by atoms with van der Waals surface area (Å²) < 4.78 is 5.78. The Kier molecular flexibility index (Phi) is 7.59. The molecule has 2 amide bonds. The summed E-state index contributed by atoms with van der Waals surface area (Å²) in [5.74, 6) is 0.0887. The van der Waals surface area contributed by atoms with E-state index in [2.05, 4.69) is 10.6 Å². The predicted molar refractivity (Wildman–Crippen MR) is 131 cm³/mol. The van der Waals surface area contributed by atoms with E-state index in [4.69, 9.17) is 4.74 Å². The van der Waals surface area contributed by atoms with Crippen LogP contribution in [-0.4, -0.2) is 36.4 Å². The van der Waals surface area contributed by atoms with Gasteiger partial charge in [0.05, 0.1) is 5.56 Å². The molecule has 0 atom stereocenters. The number of nitrogens with zero attached hydrogens (tertiary/aromatic N) is 1.